The van der Waals surface area contributed by atoms with Gasteiger partial charge in [-0.25, -0.2) is 0 Å². The van der Waals surface area contributed by atoms with Crippen LogP contribution < -0.4 is 11.5 Å². The second-order valence-electron chi connectivity index (χ2n) is 3.87. The van der Waals surface area contributed by atoms with E-state index in [-0.39, 0.29) is 31.6 Å². The zero-order valence-electron chi connectivity index (χ0n) is 9.44. The van der Waals surface area contributed by atoms with Gasteiger partial charge in [-0.3, -0.25) is 0 Å². The molecule has 0 fully saturated rings. The van der Waals surface area contributed by atoms with Gasteiger partial charge in [0.25, 0.3) is 0 Å². The fourth-order valence-corrected chi connectivity index (χ4v) is 1.77. The summed E-state index contributed by atoms with van der Waals surface area (Å²) in [5.74, 6) is 0. The van der Waals surface area contributed by atoms with Crippen LogP contribution >= 0.6 is 0 Å². The molecular weight excluding hydrogens is 297 g/mol. The third kappa shape index (κ3) is 3.47. The molecule has 0 spiro atoms. The van der Waals surface area contributed by atoms with Gasteiger partial charge >= 0.3 is 0 Å². The van der Waals surface area contributed by atoms with E-state index < -0.39 is 0 Å². The topological polar surface area (TPSA) is 52.0 Å². The van der Waals surface area contributed by atoms with Gasteiger partial charge < -0.3 is 11.5 Å². The molecule has 2 atom stereocenters. The van der Waals surface area contributed by atoms with Crippen molar-refractivity contribution in [2.75, 3.05) is 0 Å². The Balaban J connectivity index is 0.00000144. The molecule has 0 amide bonds. The number of hydrogen-bond acceptors (Lipinski definition) is 2. The van der Waals surface area contributed by atoms with Crippen molar-refractivity contribution in [2.24, 2.45) is 11.5 Å². The zero-order chi connectivity index (χ0) is 11.4. The van der Waals surface area contributed by atoms with E-state index in [9.17, 15) is 0 Å². The molecule has 2 unspecified atom stereocenters. The molecule has 2 aromatic rings. The maximum Gasteiger partial charge on any atom is 0.0491 e. The summed E-state index contributed by atoms with van der Waals surface area (Å²) in [5.41, 5.74) is 14.4. The maximum atomic E-state index is 6.15. The van der Waals surface area contributed by atoms with Crippen molar-refractivity contribution in [2.45, 2.75) is 12.1 Å². The minimum Gasteiger partial charge on any atom is -0.322 e. The monoisotopic (exact) mass is 314 g/mol. The van der Waals surface area contributed by atoms with E-state index in [1.165, 1.54) is 0 Å². The molecule has 0 aromatic heterocycles. The number of hydrogen-bond donors (Lipinski definition) is 2. The quantitative estimate of drug-likeness (QED) is 0.855. The van der Waals surface area contributed by atoms with Crippen LogP contribution in [0.3, 0.4) is 0 Å². The van der Waals surface area contributed by atoms with Crippen LogP contribution in [0.1, 0.15) is 23.2 Å². The molecule has 0 aliphatic carbocycles. The first kappa shape index (κ1) is 14.0. The summed E-state index contributed by atoms with van der Waals surface area (Å²) in [6, 6.07) is 19.6. The molecule has 0 saturated heterocycles. The van der Waals surface area contributed by atoms with Gasteiger partial charge in [0.2, 0.25) is 0 Å². The first-order chi connectivity index (χ1) is 7.79. The maximum absolute atomic E-state index is 6.15. The van der Waals surface area contributed by atoms with Crippen LogP contribution in [0.25, 0.3) is 0 Å². The average Bonchev–Trinajstić information content (AvgIpc) is 2.39. The number of rotatable bonds is 3. The molecule has 0 saturated carbocycles. The number of nitrogens with two attached hydrogens (primary N) is 2. The average molecular weight is 313 g/mol. The van der Waals surface area contributed by atoms with Crippen LogP contribution in [0.5, 0.6) is 0 Å². The first-order valence-corrected chi connectivity index (χ1v) is 5.40. The Kier molecular flexibility index (Phi) is 5.50. The van der Waals surface area contributed by atoms with Gasteiger partial charge in [-0.2, -0.15) is 0 Å². The van der Waals surface area contributed by atoms with E-state index in [0.29, 0.717) is 0 Å². The summed E-state index contributed by atoms with van der Waals surface area (Å²) < 4.78 is 0. The van der Waals surface area contributed by atoms with Crippen molar-refractivity contribution < 1.29 is 19.5 Å². The normalized spacial score (nSPS) is 13.5. The fraction of sp³-hybridized carbons (Fsp3) is 0.143. The summed E-state index contributed by atoms with van der Waals surface area (Å²) in [6.45, 7) is 0. The van der Waals surface area contributed by atoms with Crippen LogP contribution in [0.15, 0.2) is 60.7 Å². The molecular formula is C14H16N2Ru. The van der Waals surface area contributed by atoms with E-state index in [4.69, 9.17) is 11.5 Å². The largest absolute Gasteiger partial charge is 0.322 e. The number of benzene rings is 2. The molecule has 0 radical (unpaired) electrons. The van der Waals surface area contributed by atoms with E-state index >= 15 is 0 Å². The first-order valence-electron chi connectivity index (χ1n) is 5.40. The third-order valence-electron chi connectivity index (χ3n) is 2.76. The van der Waals surface area contributed by atoms with Crippen LogP contribution in [0, 0.1) is 0 Å². The molecule has 17 heavy (non-hydrogen) atoms. The van der Waals surface area contributed by atoms with E-state index in [0.717, 1.165) is 11.1 Å². The molecule has 0 aliphatic rings. The van der Waals surface area contributed by atoms with Gasteiger partial charge in [0, 0.05) is 31.6 Å². The van der Waals surface area contributed by atoms with Gasteiger partial charge in [0.1, 0.15) is 0 Å². The van der Waals surface area contributed by atoms with Gasteiger partial charge in [-0.15, -0.1) is 0 Å². The van der Waals surface area contributed by atoms with Crippen molar-refractivity contribution in [3.8, 4) is 0 Å². The van der Waals surface area contributed by atoms with E-state index in [1.807, 2.05) is 60.7 Å². The molecule has 2 aromatic carbocycles. The Labute approximate surface area is 115 Å². The van der Waals surface area contributed by atoms with Crippen molar-refractivity contribution in [1.82, 2.24) is 0 Å². The summed E-state index contributed by atoms with van der Waals surface area (Å²) in [6.07, 6.45) is 0. The minimum atomic E-state index is -0.163. The third-order valence-corrected chi connectivity index (χ3v) is 2.76. The van der Waals surface area contributed by atoms with Crippen LogP contribution in [0.4, 0.5) is 0 Å². The van der Waals surface area contributed by atoms with Crippen molar-refractivity contribution >= 4 is 0 Å². The Morgan fingerprint density at radius 3 is 1.18 bits per heavy atom. The second-order valence-corrected chi connectivity index (χ2v) is 3.87. The van der Waals surface area contributed by atoms with Gasteiger partial charge in [-0.1, -0.05) is 60.7 Å². The SMILES string of the molecule is NC(c1ccccc1)C(N)c1ccccc1.[Ru]. The molecule has 0 heterocycles. The predicted octanol–water partition coefficient (Wildman–Crippen LogP) is 2.38. The summed E-state index contributed by atoms with van der Waals surface area (Å²) >= 11 is 0. The molecule has 3 heteroatoms. The predicted molar refractivity (Wildman–Crippen MR) is 66.7 cm³/mol. The van der Waals surface area contributed by atoms with Crippen molar-refractivity contribution in [3.05, 3.63) is 71.8 Å². The molecule has 2 rings (SSSR count). The van der Waals surface area contributed by atoms with Gasteiger partial charge in [0.15, 0.2) is 0 Å². The fourth-order valence-electron chi connectivity index (χ4n) is 1.77. The molecule has 0 aliphatic heterocycles. The molecule has 2 nitrogen and oxygen atoms in total. The van der Waals surface area contributed by atoms with Gasteiger partial charge in [0.05, 0.1) is 0 Å². The van der Waals surface area contributed by atoms with Crippen molar-refractivity contribution in [1.29, 1.82) is 0 Å². The Hall–Kier alpha value is -1.02. The summed E-state index contributed by atoms with van der Waals surface area (Å²) in [5, 5.41) is 0. The van der Waals surface area contributed by atoms with Crippen molar-refractivity contribution in [3.63, 3.8) is 0 Å². The van der Waals surface area contributed by atoms with Gasteiger partial charge in [-0.05, 0) is 11.1 Å². The zero-order valence-corrected chi connectivity index (χ0v) is 11.2. The standard InChI is InChI=1S/C14H16N2.Ru/c15-13(11-7-3-1-4-8-11)14(16)12-9-5-2-6-10-12;/h1-10,13-14H,15-16H2;. The van der Waals surface area contributed by atoms with Crippen LogP contribution in [-0.4, -0.2) is 0 Å². The van der Waals surface area contributed by atoms with Crippen LogP contribution in [0.2, 0.25) is 0 Å². The Bertz CT molecular complexity index is 387. The Morgan fingerprint density at radius 1 is 0.588 bits per heavy atom. The minimum absolute atomic E-state index is 0. The summed E-state index contributed by atoms with van der Waals surface area (Å²) in [7, 11) is 0. The van der Waals surface area contributed by atoms with Crippen LogP contribution in [-0.2, 0) is 19.5 Å². The molecule has 4 N–H and O–H groups in total. The molecule has 0 bridgehead atoms. The summed E-state index contributed by atoms with van der Waals surface area (Å²) in [4.78, 5) is 0. The molecule has 90 valence electrons. The Morgan fingerprint density at radius 2 is 0.882 bits per heavy atom. The smallest absolute Gasteiger partial charge is 0.0491 e. The second kappa shape index (κ2) is 6.65. The van der Waals surface area contributed by atoms with E-state index in [2.05, 4.69) is 0 Å². The van der Waals surface area contributed by atoms with E-state index in [1.54, 1.807) is 0 Å².